The Hall–Kier alpha value is -4.10. The van der Waals surface area contributed by atoms with Crippen molar-refractivity contribution in [3.63, 3.8) is 0 Å². The van der Waals surface area contributed by atoms with Crippen molar-refractivity contribution in [2.75, 3.05) is 13.2 Å². The van der Waals surface area contributed by atoms with Gasteiger partial charge in [0, 0.05) is 31.3 Å². The van der Waals surface area contributed by atoms with Gasteiger partial charge in [-0.15, -0.1) is 0 Å². The van der Waals surface area contributed by atoms with Crippen LogP contribution in [0.25, 0.3) is 11.0 Å². The molecule has 6 rings (SSSR count). The molecule has 1 N–H and O–H groups in total. The van der Waals surface area contributed by atoms with E-state index in [9.17, 15) is 36.2 Å². The standard InChI is InChI=1S/C31H27F6N3O4/c1-16-21-12-28(44-15-22-24(33)10-19(32)11-25(22)34)23(31(35,36)37)8-17(21)4-6-39(16)14-29-38-26-3-2-18(30(41)42)9-27(26)40(29)13-20-5-7-43-20/h2-3,8-12,16,20H,4-7,13-15H2,1H3,(H,41,42)/t16-,20-/m0/s1. The number of aromatic carboxylic acids is 1. The fourth-order valence-corrected chi connectivity index (χ4v) is 5.76. The molecule has 2 aliphatic rings. The van der Waals surface area contributed by atoms with Crippen molar-refractivity contribution in [3.8, 4) is 5.75 Å². The third-order valence-corrected chi connectivity index (χ3v) is 8.29. The van der Waals surface area contributed by atoms with Gasteiger partial charge in [0.15, 0.2) is 0 Å². The summed E-state index contributed by atoms with van der Waals surface area (Å²) in [5.41, 5.74) is 0.635. The van der Waals surface area contributed by atoms with E-state index in [2.05, 4.69) is 0 Å². The van der Waals surface area contributed by atoms with E-state index in [1.165, 1.54) is 12.1 Å². The molecule has 4 aromatic rings. The topological polar surface area (TPSA) is 76.8 Å². The van der Waals surface area contributed by atoms with Crippen LogP contribution >= 0.6 is 0 Å². The number of ether oxygens (including phenoxy) is 2. The van der Waals surface area contributed by atoms with E-state index in [0.717, 1.165) is 12.5 Å². The van der Waals surface area contributed by atoms with Crippen LogP contribution in [0.4, 0.5) is 26.3 Å². The molecule has 0 saturated carbocycles. The highest BCUT2D eigenvalue weighted by molar-refractivity contribution is 5.92. The molecule has 0 spiro atoms. The van der Waals surface area contributed by atoms with Crippen LogP contribution in [0.15, 0.2) is 42.5 Å². The Morgan fingerprint density at radius 1 is 1.11 bits per heavy atom. The highest BCUT2D eigenvalue weighted by atomic mass is 19.4. The van der Waals surface area contributed by atoms with Crippen LogP contribution in [0.5, 0.6) is 5.75 Å². The van der Waals surface area contributed by atoms with Gasteiger partial charge in [-0.3, -0.25) is 4.90 Å². The number of nitrogens with zero attached hydrogens (tertiary/aromatic N) is 3. The van der Waals surface area contributed by atoms with E-state index in [1.54, 1.807) is 12.1 Å². The fourth-order valence-electron chi connectivity index (χ4n) is 5.76. The molecule has 2 aliphatic heterocycles. The van der Waals surface area contributed by atoms with Crippen molar-refractivity contribution in [2.45, 2.75) is 57.8 Å². The largest absolute Gasteiger partial charge is 0.488 e. The first-order valence-corrected chi connectivity index (χ1v) is 14.0. The van der Waals surface area contributed by atoms with Gasteiger partial charge >= 0.3 is 12.1 Å². The first-order valence-electron chi connectivity index (χ1n) is 14.0. The van der Waals surface area contributed by atoms with Gasteiger partial charge in [-0.1, -0.05) is 0 Å². The van der Waals surface area contributed by atoms with Crippen LogP contribution in [0, 0.1) is 17.5 Å². The molecule has 1 fully saturated rings. The van der Waals surface area contributed by atoms with Crippen LogP contribution < -0.4 is 4.74 Å². The van der Waals surface area contributed by atoms with Gasteiger partial charge in [-0.05, 0) is 61.2 Å². The van der Waals surface area contributed by atoms with Crippen LogP contribution in [0.1, 0.15) is 57.8 Å². The lowest BCUT2D eigenvalue weighted by molar-refractivity contribution is -0.139. The van der Waals surface area contributed by atoms with Crippen molar-refractivity contribution in [3.05, 3.63) is 93.6 Å². The molecule has 13 heteroatoms. The normalized spacial score (nSPS) is 18.7. The van der Waals surface area contributed by atoms with Crippen molar-refractivity contribution < 1.29 is 45.7 Å². The predicted molar refractivity (Wildman–Crippen MR) is 146 cm³/mol. The lowest BCUT2D eigenvalue weighted by Crippen LogP contribution is -2.36. The zero-order valence-electron chi connectivity index (χ0n) is 23.4. The van der Waals surface area contributed by atoms with Crippen molar-refractivity contribution in [1.82, 2.24) is 14.5 Å². The Morgan fingerprint density at radius 2 is 1.84 bits per heavy atom. The second kappa shape index (κ2) is 11.4. The number of benzene rings is 3. The van der Waals surface area contributed by atoms with Gasteiger partial charge < -0.3 is 19.1 Å². The molecule has 1 aromatic heterocycles. The molecule has 44 heavy (non-hydrogen) atoms. The monoisotopic (exact) mass is 619 g/mol. The number of carboxylic acids is 1. The number of hydrogen-bond acceptors (Lipinski definition) is 5. The maximum absolute atomic E-state index is 14.2. The number of rotatable bonds is 8. The molecule has 0 amide bonds. The zero-order valence-corrected chi connectivity index (χ0v) is 23.4. The minimum absolute atomic E-state index is 0.0459. The molecule has 0 aliphatic carbocycles. The molecule has 3 heterocycles. The van der Waals surface area contributed by atoms with Gasteiger partial charge in [0.05, 0.1) is 46.9 Å². The molecule has 3 aromatic carbocycles. The van der Waals surface area contributed by atoms with Crippen molar-refractivity contribution in [1.29, 1.82) is 0 Å². The highest BCUT2D eigenvalue weighted by Crippen LogP contribution is 2.42. The van der Waals surface area contributed by atoms with E-state index in [0.29, 0.717) is 72.8 Å². The molecule has 1 saturated heterocycles. The summed E-state index contributed by atoms with van der Waals surface area (Å²) in [7, 11) is 0. The van der Waals surface area contributed by atoms with Gasteiger partial charge in [0.2, 0.25) is 0 Å². The Bertz CT molecular complexity index is 1730. The molecule has 0 radical (unpaired) electrons. The lowest BCUT2D eigenvalue weighted by atomic mass is 9.91. The molecule has 0 unspecified atom stereocenters. The van der Waals surface area contributed by atoms with Gasteiger partial charge in [0.1, 0.15) is 35.6 Å². The number of aromatic nitrogens is 2. The minimum Gasteiger partial charge on any atom is -0.488 e. The zero-order chi connectivity index (χ0) is 31.3. The van der Waals surface area contributed by atoms with Crippen LogP contribution in [0.3, 0.4) is 0 Å². The smallest absolute Gasteiger partial charge is 0.419 e. The Labute approximate surface area is 247 Å². The average molecular weight is 620 g/mol. The number of imidazole rings is 1. The Balaban J connectivity index is 1.31. The SMILES string of the molecule is C[C@H]1c2cc(OCc3c(F)cc(F)cc3F)c(C(F)(F)F)cc2CCN1Cc1nc2ccc(C(=O)O)cc2n1C[C@@H]1CCO1. The average Bonchev–Trinajstić information content (AvgIpc) is 3.26. The van der Waals surface area contributed by atoms with E-state index < -0.39 is 59.1 Å². The van der Waals surface area contributed by atoms with Crippen molar-refractivity contribution >= 4 is 17.0 Å². The van der Waals surface area contributed by atoms with E-state index in [1.807, 2.05) is 16.4 Å². The highest BCUT2D eigenvalue weighted by Gasteiger charge is 2.37. The minimum atomic E-state index is -4.80. The number of hydrogen-bond donors (Lipinski definition) is 1. The summed E-state index contributed by atoms with van der Waals surface area (Å²) in [5, 5.41) is 9.51. The Kier molecular flexibility index (Phi) is 7.78. The molecule has 232 valence electrons. The van der Waals surface area contributed by atoms with Gasteiger partial charge in [-0.25, -0.2) is 22.9 Å². The first kappa shape index (κ1) is 29.9. The maximum atomic E-state index is 14.2. The number of fused-ring (bicyclic) bond motifs is 2. The third-order valence-electron chi connectivity index (χ3n) is 8.29. The summed E-state index contributed by atoms with van der Waals surface area (Å²) in [6, 6.07) is 7.42. The second-order valence-electron chi connectivity index (χ2n) is 11.0. The second-order valence-corrected chi connectivity index (χ2v) is 11.0. The number of halogens is 6. The molecular weight excluding hydrogens is 592 g/mol. The summed E-state index contributed by atoms with van der Waals surface area (Å²) in [5.74, 6) is -4.69. The van der Waals surface area contributed by atoms with Gasteiger partial charge in [-0.2, -0.15) is 13.2 Å². The van der Waals surface area contributed by atoms with Crippen molar-refractivity contribution in [2.24, 2.45) is 0 Å². The van der Waals surface area contributed by atoms with E-state index in [-0.39, 0.29) is 11.7 Å². The summed E-state index contributed by atoms with van der Waals surface area (Å²) >= 11 is 0. The summed E-state index contributed by atoms with van der Waals surface area (Å²) in [6.45, 7) is 2.80. The molecule has 0 bridgehead atoms. The van der Waals surface area contributed by atoms with Gasteiger partial charge in [0.25, 0.3) is 0 Å². The number of carbonyl (C=O) groups is 1. The van der Waals surface area contributed by atoms with E-state index >= 15 is 0 Å². The summed E-state index contributed by atoms with van der Waals surface area (Å²) in [4.78, 5) is 18.4. The lowest BCUT2D eigenvalue weighted by Gasteiger charge is -2.36. The maximum Gasteiger partial charge on any atom is 0.419 e. The third kappa shape index (κ3) is 5.73. The van der Waals surface area contributed by atoms with E-state index in [4.69, 9.17) is 14.5 Å². The number of alkyl halides is 3. The summed E-state index contributed by atoms with van der Waals surface area (Å²) in [6.07, 6.45) is -3.70. The number of carboxylic acid groups (broad SMARTS) is 1. The predicted octanol–water partition coefficient (Wildman–Crippen LogP) is 6.66. The first-order chi connectivity index (χ1) is 20.9. The molecule has 7 nitrogen and oxygen atoms in total. The van der Waals surface area contributed by atoms with Crippen LogP contribution in [0.2, 0.25) is 0 Å². The summed E-state index contributed by atoms with van der Waals surface area (Å²) < 4.78 is 96.7. The molecule has 2 atom stereocenters. The fraction of sp³-hybridized carbons (Fsp3) is 0.355. The quantitative estimate of drug-likeness (QED) is 0.223. The Morgan fingerprint density at radius 3 is 2.48 bits per heavy atom. The molecular formula is C31H27F6N3O4. The van der Waals surface area contributed by atoms with Crippen LogP contribution in [-0.4, -0.2) is 44.8 Å². The van der Waals surface area contributed by atoms with Crippen LogP contribution in [-0.2, 0) is 37.0 Å².